The zero-order valence-corrected chi connectivity index (χ0v) is 13.2. The molecule has 2 atom stereocenters. The molecule has 0 unspecified atom stereocenters. The molecule has 1 rings (SSSR count). The van der Waals surface area contributed by atoms with E-state index in [2.05, 4.69) is 5.32 Å². The lowest BCUT2D eigenvalue weighted by Gasteiger charge is -2.21. The van der Waals surface area contributed by atoms with Crippen molar-refractivity contribution in [1.82, 2.24) is 5.32 Å². The van der Waals surface area contributed by atoms with E-state index in [1.807, 2.05) is 13.8 Å². The van der Waals surface area contributed by atoms with Gasteiger partial charge in [-0.25, -0.2) is 9.18 Å². The van der Waals surface area contributed by atoms with Crippen LogP contribution in [0.4, 0.5) is 4.39 Å². The highest BCUT2D eigenvalue weighted by Crippen LogP contribution is 2.18. The maximum atomic E-state index is 12.8. The first kappa shape index (κ1) is 17.5. The van der Waals surface area contributed by atoms with E-state index >= 15 is 0 Å². The Labute approximate surface area is 128 Å². The maximum Gasteiger partial charge on any atom is 0.328 e. The number of carbonyl (C=O) groups is 2. The van der Waals surface area contributed by atoms with Crippen LogP contribution in [0, 0.1) is 11.7 Å². The fourth-order valence-corrected chi connectivity index (χ4v) is 2.40. The molecule has 0 aliphatic rings. The van der Waals surface area contributed by atoms with E-state index in [0.29, 0.717) is 0 Å². The van der Waals surface area contributed by atoms with E-state index in [0.717, 1.165) is 11.3 Å². The summed E-state index contributed by atoms with van der Waals surface area (Å²) in [6.45, 7) is 3.83. The van der Waals surface area contributed by atoms with Gasteiger partial charge in [-0.05, 0) is 30.2 Å². The van der Waals surface area contributed by atoms with Gasteiger partial charge in [-0.2, -0.15) is 0 Å². The van der Waals surface area contributed by atoms with Crippen LogP contribution >= 0.6 is 11.8 Å². The number of thioether (sulfide) groups is 1. The number of amides is 1. The molecule has 1 N–H and O–H groups in total. The molecular formula is C15H20FNO3S. The van der Waals surface area contributed by atoms with Crippen molar-refractivity contribution < 1.29 is 18.7 Å². The molecule has 0 aromatic heterocycles. The fraction of sp³-hybridized carbons (Fsp3) is 0.467. The number of esters is 1. The molecule has 6 heteroatoms. The van der Waals surface area contributed by atoms with E-state index in [1.165, 1.54) is 31.0 Å². The number of halogens is 1. The smallest absolute Gasteiger partial charge is 0.328 e. The van der Waals surface area contributed by atoms with Crippen LogP contribution < -0.4 is 5.32 Å². The van der Waals surface area contributed by atoms with Gasteiger partial charge >= 0.3 is 5.97 Å². The van der Waals surface area contributed by atoms with Crippen LogP contribution in [-0.4, -0.2) is 30.8 Å². The van der Waals surface area contributed by atoms with Crippen LogP contribution in [-0.2, 0) is 14.3 Å². The number of ether oxygens (including phenoxy) is 1. The third-order valence-electron chi connectivity index (χ3n) is 3.17. The normalized spacial score (nSPS) is 13.3. The van der Waals surface area contributed by atoms with Gasteiger partial charge < -0.3 is 10.1 Å². The van der Waals surface area contributed by atoms with Crippen LogP contribution in [0.3, 0.4) is 0 Å². The first-order valence-electron chi connectivity index (χ1n) is 6.73. The average Bonchev–Trinajstić information content (AvgIpc) is 2.50. The number of carbonyl (C=O) groups excluding carboxylic acids is 2. The van der Waals surface area contributed by atoms with Crippen LogP contribution in [0.2, 0.25) is 0 Å². The zero-order chi connectivity index (χ0) is 15.8. The van der Waals surface area contributed by atoms with Crippen molar-refractivity contribution in [2.75, 3.05) is 12.9 Å². The fourth-order valence-electron chi connectivity index (χ4n) is 1.69. The first-order chi connectivity index (χ1) is 9.97. The summed E-state index contributed by atoms with van der Waals surface area (Å²) in [6, 6.07) is 5.27. The Morgan fingerprint density at radius 1 is 1.33 bits per heavy atom. The number of hydrogen-bond donors (Lipinski definition) is 1. The number of rotatable bonds is 7. The monoisotopic (exact) mass is 313 g/mol. The summed E-state index contributed by atoms with van der Waals surface area (Å²) in [5, 5.41) is 2.69. The molecule has 0 heterocycles. The topological polar surface area (TPSA) is 55.4 Å². The molecule has 0 fully saturated rings. The third kappa shape index (κ3) is 5.75. The molecule has 21 heavy (non-hydrogen) atoms. The maximum absolute atomic E-state index is 12.8. The highest BCUT2D eigenvalue weighted by Gasteiger charge is 2.26. The minimum absolute atomic E-state index is 0.00257. The SMILES string of the molecule is CC[C@@H](C)[C@@H](NC(=O)CSc1ccc(F)cc1)C(=O)OC. The van der Waals surface area contributed by atoms with Crippen molar-refractivity contribution in [3.05, 3.63) is 30.1 Å². The van der Waals surface area contributed by atoms with E-state index < -0.39 is 12.0 Å². The van der Waals surface area contributed by atoms with Crippen LogP contribution in [0.25, 0.3) is 0 Å². The van der Waals surface area contributed by atoms with Crippen molar-refractivity contribution in [2.24, 2.45) is 5.92 Å². The van der Waals surface area contributed by atoms with Crippen molar-refractivity contribution in [1.29, 1.82) is 0 Å². The second-order valence-electron chi connectivity index (χ2n) is 4.70. The van der Waals surface area contributed by atoms with Gasteiger partial charge in [0.15, 0.2) is 0 Å². The lowest BCUT2D eigenvalue weighted by molar-refractivity contribution is -0.146. The summed E-state index contributed by atoms with van der Waals surface area (Å²) in [6.07, 6.45) is 0.755. The van der Waals surface area contributed by atoms with Crippen LogP contribution in [0.15, 0.2) is 29.2 Å². The van der Waals surface area contributed by atoms with Gasteiger partial charge in [0.1, 0.15) is 11.9 Å². The first-order valence-corrected chi connectivity index (χ1v) is 7.72. The molecule has 4 nitrogen and oxygen atoms in total. The standard InChI is InChI=1S/C15H20FNO3S/c1-4-10(2)14(15(19)20-3)17-13(18)9-21-12-7-5-11(16)6-8-12/h5-8,10,14H,4,9H2,1-3H3,(H,17,18)/t10-,14-/m1/s1. The summed E-state index contributed by atoms with van der Waals surface area (Å²) < 4.78 is 17.5. The Kier molecular flexibility index (Phi) is 7.22. The minimum atomic E-state index is -0.638. The second-order valence-corrected chi connectivity index (χ2v) is 5.75. The summed E-state index contributed by atoms with van der Waals surface area (Å²) in [4.78, 5) is 24.4. The lowest BCUT2D eigenvalue weighted by atomic mass is 9.99. The average molecular weight is 313 g/mol. The van der Waals surface area contributed by atoms with Crippen molar-refractivity contribution >= 4 is 23.6 Å². The molecule has 116 valence electrons. The van der Waals surface area contributed by atoms with E-state index in [4.69, 9.17) is 4.74 Å². The Balaban J connectivity index is 2.53. The number of methoxy groups -OCH3 is 1. The quantitative estimate of drug-likeness (QED) is 0.621. The molecular weight excluding hydrogens is 293 g/mol. The summed E-state index contributed by atoms with van der Waals surface area (Å²) in [7, 11) is 1.30. The van der Waals surface area contributed by atoms with Crippen LogP contribution in [0.5, 0.6) is 0 Å². The van der Waals surface area contributed by atoms with Crippen LogP contribution in [0.1, 0.15) is 20.3 Å². The molecule has 0 saturated heterocycles. The van der Waals surface area contributed by atoms with Gasteiger partial charge in [0, 0.05) is 4.90 Å². The molecule has 0 bridgehead atoms. The van der Waals surface area contributed by atoms with Gasteiger partial charge in [0.05, 0.1) is 12.9 Å². The van der Waals surface area contributed by atoms with Gasteiger partial charge in [-0.3, -0.25) is 4.79 Å². The van der Waals surface area contributed by atoms with E-state index in [1.54, 1.807) is 12.1 Å². The second kappa shape index (κ2) is 8.67. The summed E-state index contributed by atoms with van der Waals surface area (Å²) >= 11 is 1.29. The highest BCUT2D eigenvalue weighted by molar-refractivity contribution is 8.00. The minimum Gasteiger partial charge on any atom is -0.467 e. The molecule has 0 aliphatic heterocycles. The predicted octanol–water partition coefficient (Wildman–Crippen LogP) is 2.62. The Hall–Kier alpha value is -1.56. The van der Waals surface area contributed by atoms with Crippen molar-refractivity contribution in [2.45, 2.75) is 31.2 Å². The Morgan fingerprint density at radius 3 is 2.48 bits per heavy atom. The largest absolute Gasteiger partial charge is 0.467 e. The van der Waals surface area contributed by atoms with E-state index in [-0.39, 0.29) is 23.4 Å². The van der Waals surface area contributed by atoms with Gasteiger partial charge in [-0.15, -0.1) is 11.8 Å². The van der Waals surface area contributed by atoms with Crippen molar-refractivity contribution in [3.8, 4) is 0 Å². The predicted molar refractivity (Wildman–Crippen MR) is 80.5 cm³/mol. The summed E-state index contributed by atoms with van der Waals surface area (Å²) in [5.74, 6) is -0.844. The van der Waals surface area contributed by atoms with Crippen molar-refractivity contribution in [3.63, 3.8) is 0 Å². The number of benzene rings is 1. The van der Waals surface area contributed by atoms with Gasteiger partial charge in [-0.1, -0.05) is 20.3 Å². The number of nitrogens with one attached hydrogen (secondary N) is 1. The molecule has 1 amide bonds. The Morgan fingerprint density at radius 2 is 1.95 bits per heavy atom. The molecule has 0 saturated carbocycles. The zero-order valence-electron chi connectivity index (χ0n) is 12.4. The Bertz CT molecular complexity index is 478. The summed E-state index contributed by atoms with van der Waals surface area (Å²) in [5.41, 5.74) is 0. The van der Waals surface area contributed by atoms with Gasteiger partial charge in [0.25, 0.3) is 0 Å². The molecule has 1 aromatic rings. The molecule has 1 aromatic carbocycles. The highest BCUT2D eigenvalue weighted by atomic mass is 32.2. The lowest BCUT2D eigenvalue weighted by Crippen LogP contribution is -2.46. The van der Waals surface area contributed by atoms with Gasteiger partial charge in [0.2, 0.25) is 5.91 Å². The molecule has 0 radical (unpaired) electrons. The van der Waals surface area contributed by atoms with E-state index in [9.17, 15) is 14.0 Å². The molecule has 0 spiro atoms. The third-order valence-corrected chi connectivity index (χ3v) is 4.18. The molecule has 0 aliphatic carbocycles. The number of hydrogen-bond acceptors (Lipinski definition) is 4.